The van der Waals surface area contributed by atoms with Crippen LogP contribution in [0.25, 0.3) is 0 Å². The predicted octanol–water partition coefficient (Wildman–Crippen LogP) is 1.04. The molecule has 1 atom stereocenters. The highest BCUT2D eigenvalue weighted by atomic mass is 16.1. The van der Waals surface area contributed by atoms with Gasteiger partial charge in [0.15, 0.2) is 0 Å². The molecule has 0 radical (unpaired) electrons. The number of carbonyl (C=O) groups excluding carboxylic acids is 1. The minimum atomic E-state index is 0.140. The van der Waals surface area contributed by atoms with Crippen molar-refractivity contribution in [1.29, 1.82) is 0 Å². The Hall–Kier alpha value is -2.28. The van der Waals surface area contributed by atoms with Crippen molar-refractivity contribution >= 4 is 5.91 Å². The molecule has 1 amide bonds. The van der Waals surface area contributed by atoms with E-state index < -0.39 is 0 Å². The maximum absolute atomic E-state index is 11.4. The van der Waals surface area contributed by atoms with Gasteiger partial charge in [-0.3, -0.25) is 19.8 Å². The summed E-state index contributed by atoms with van der Waals surface area (Å²) in [5.41, 5.74) is 1.01. The van der Waals surface area contributed by atoms with E-state index in [4.69, 9.17) is 0 Å². The third kappa shape index (κ3) is 4.35. The van der Waals surface area contributed by atoms with E-state index in [2.05, 4.69) is 30.4 Å². The second-order valence-corrected chi connectivity index (χ2v) is 5.85. The Balaban J connectivity index is 1.68. The molecule has 0 spiro atoms. The van der Waals surface area contributed by atoms with E-state index in [0.29, 0.717) is 13.0 Å². The zero-order chi connectivity index (χ0) is 16.1. The number of rotatable bonds is 7. The van der Waals surface area contributed by atoms with Gasteiger partial charge in [0.1, 0.15) is 11.6 Å². The van der Waals surface area contributed by atoms with Crippen molar-refractivity contribution in [3.63, 3.8) is 0 Å². The van der Waals surface area contributed by atoms with Gasteiger partial charge in [0, 0.05) is 38.2 Å². The molecule has 0 bridgehead atoms. The number of amides is 1. The van der Waals surface area contributed by atoms with Crippen molar-refractivity contribution in [3.05, 3.63) is 41.7 Å². The van der Waals surface area contributed by atoms with Gasteiger partial charge in [-0.25, -0.2) is 4.98 Å². The number of nitrogens with one attached hydrogen (secondary N) is 2. The lowest BCUT2D eigenvalue weighted by molar-refractivity contribution is -0.119. The molecule has 122 valence electrons. The molecule has 0 saturated carbocycles. The van der Waals surface area contributed by atoms with Crippen LogP contribution < -0.4 is 5.32 Å². The highest BCUT2D eigenvalue weighted by Gasteiger charge is 2.23. The van der Waals surface area contributed by atoms with E-state index in [1.807, 2.05) is 25.1 Å². The topological polar surface area (TPSA) is 86.8 Å². The van der Waals surface area contributed by atoms with Crippen LogP contribution in [0, 0.1) is 0 Å². The molecule has 0 aliphatic carbocycles. The van der Waals surface area contributed by atoms with Crippen LogP contribution in [0.1, 0.15) is 37.1 Å². The van der Waals surface area contributed by atoms with E-state index in [-0.39, 0.29) is 11.9 Å². The summed E-state index contributed by atoms with van der Waals surface area (Å²) in [6.07, 6.45) is 4.11. The fourth-order valence-corrected chi connectivity index (χ4v) is 2.81. The summed E-state index contributed by atoms with van der Waals surface area (Å²) in [4.78, 5) is 22.6. The van der Waals surface area contributed by atoms with Crippen molar-refractivity contribution in [3.8, 4) is 0 Å². The van der Waals surface area contributed by atoms with Crippen molar-refractivity contribution in [2.45, 2.75) is 45.3 Å². The van der Waals surface area contributed by atoms with E-state index in [9.17, 15) is 4.79 Å². The smallest absolute Gasteiger partial charge is 0.220 e. The first-order valence-electron chi connectivity index (χ1n) is 8.04. The fraction of sp³-hybridized carbons (Fsp3) is 0.500. The molecule has 0 aromatic carbocycles. The lowest BCUT2D eigenvalue weighted by atomic mass is 10.2. The molecule has 2 aromatic rings. The second kappa shape index (κ2) is 7.32. The molecule has 3 heterocycles. The van der Waals surface area contributed by atoms with Crippen LogP contribution in [-0.4, -0.2) is 43.6 Å². The molecular weight excluding hydrogens is 292 g/mol. The first kappa shape index (κ1) is 15.6. The Morgan fingerprint density at radius 1 is 1.35 bits per heavy atom. The second-order valence-electron chi connectivity index (χ2n) is 5.85. The van der Waals surface area contributed by atoms with Crippen LogP contribution in [0.3, 0.4) is 0 Å². The maximum Gasteiger partial charge on any atom is 0.220 e. The van der Waals surface area contributed by atoms with Gasteiger partial charge in [0.2, 0.25) is 5.91 Å². The molecule has 2 aromatic heterocycles. The summed E-state index contributed by atoms with van der Waals surface area (Å²) in [6.45, 7) is 4.20. The van der Waals surface area contributed by atoms with Gasteiger partial charge in [-0.05, 0) is 18.6 Å². The Morgan fingerprint density at radius 2 is 2.26 bits per heavy atom. The van der Waals surface area contributed by atoms with Gasteiger partial charge in [0.05, 0.1) is 12.2 Å². The van der Waals surface area contributed by atoms with E-state index in [1.54, 1.807) is 6.20 Å². The van der Waals surface area contributed by atoms with Gasteiger partial charge in [-0.1, -0.05) is 13.0 Å². The zero-order valence-corrected chi connectivity index (χ0v) is 13.3. The number of aromatic nitrogens is 4. The summed E-state index contributed by atoms with van der Waals surface area (Å²) in [7, 11) is 0. The van der Waals surface area contributed by atoms with Crippen LogP contribution in [-0.2, 0) is 24.3 Å². The number of aryl methyl sites for hydroxylation is 1. The van der Waals surface area contributed by atoms with Gasteiger partial charge >= 0.3 is 0 Å². The minimum absolute atomic E-state index is 0.140. The van der Waals surface area contributed by atoms with Crippen LogP contribution in [0.4, 0.5) is 0 Å². The van der Waals surface area contributed by atoms with Crippen LogP contribution in [0.15, 0.2) is 24.4 Å². The van der Waals surface area contributed by atoms with Crippen LogP contribution >= 0.6 is 0 Å². The lowest BCUT2D eigenvalue weighted by Gasteiger charge is -2.24. The molecule has 1 saturated heterocycles. The standard InChI is InChI=1S/C16H22N6O/c1-2-14-19-15(21-20-14)11-22(9-12-5-3-4-8-17-12)10-13-6-7-16(23)18-13/h3-5,8,13H,2,6-7,9-11H2,1H3,(H,18,23)(H,19,20,21)/t13-/m0/s1. The van der Waals surface area contributed by atoms with Crippen LogP contribution in [0.5, 0.6) is 0 Å². The summed E-state index contributed by atoms with van der Waals surface area (Å²) in [5.74, 6) is 1.81. The SMILES string of the molecule is CCc1n[nH]c(CN(Cc2ccccn2)C[C@@H]2CCC(=O)N2)n1. The fourth-order valence-electron chi connectivity index (χ4n) is 2.81. The number of carbonyl (C=O) groups is 1. The zero-order valence-electron chi connectivity index (χ0n) is 13.3. The molecule has 3 rings (SSSR count). The number of hydrogen-bond donors (Lipinski definition) is 2. The van der Waals surface area contributed by atoms with Crippen molar-refractivity contribution < 1.29 is 4.79 Å². The first-order valence-corrected chi connectivity index (χ1v) is 8.04. The summed E-state index contributed by atoms with van der Waals surface area (Å²) in [5, 5.41) is 10.2. The summed E-state index contributed by atoms with van der Waals surface area (Å²) < 4.78 is 0. The first-order chi connectivity index (χ1) is 11.2. The Bertz CT molecular complexity index is 641. The number of hydrogen-bond acceptors (Lipinski definition) is 5. The van der Waals surface area contributed by atoms with Gasteiger partial charge in [0.25, 0.3) is 0 Å². The van der Waals surface area contributed by atoms with Crippen molar-refractivity contribution in [1.82, 2.24) is 30.4 Å². The molecule has 0 unspecified atom stereocenters. The molecule has 2 N–H and O–H groups in total. The highest BCUT2D eigenvalue weighted by molar-refractivity contribution is 5.78. The Morgan fingerprint density at radius 3 is 2.91 bits per heavy atom. The van der Waals surface area contributed by atoms with Crippen LogP contribution in [0.2, 0.25) is 0 Å². The largest absolute Gasteiger partial charge is 0.352 e. The Kier molecular flexibility index (Phi) is 4.97. The molecule has 1 aliphatic heterocycles. The molecular formula is C16H22N6O. The van der Waals surface area contributed by atoms with Gasteiger partial charge < -0.3 is 5.32 Å². The summed E-state index contributed by atoms with van der Waals surface area (Å²) >= 11 is 0. The third-order valence-corrected chi connectivity index (χ3v) is 3.94. The maximum atomic E-state index is 11.4. The van der Waals surface area contributed by atoms with Crippen molar-refractivity contribution in [2.24, 2.45) is 0 Å². The average Bonchev–Trinajstić information content (AvgIpc) is 3.17. The number of pyridine rings is 1. The van der Waals surface area contributed by atoms with Gasteiger partial charge in [-0.2, -0.15) is 5.10 Å². The number of aromatic amines is 1. The van der Waals surface area contributed by atoms with E-state index in [0.717, 1.165) is 43.3 Å². The molecule has 7 nitrogen and oxygen atoms in total. The lowest BCUT2D eigenvalue weighted by Crippen LogP contribution is -2.38. The third-order valence-electron chi connectivity index (χ3n) is 3.94. The highest BCUT2D eigenvalue weighted by Crippen LogP contribution is 2.12. The number of nitrogens with zero attached hydrogens (tertiary/aromatic N) is 4. The summed E-state index contributed by atoms with van der Waals surface area (Å²) in [6, 6.07) is 6.11. The Labute approximate surface area is 135 Å². The minimum Gasteiger partial charge on any atom is -0.352 e. The normalized spacial score (nSPS) is 17.7. The average molecular weight is 314 g/mol. The molecule has 1 aliphatic rings. The quantitative estimate of drug-likeness (QED) is 0.797. The predicted molar refractivity (Wildman–Crippen MR) is 85.3 cm³/mol. The van der Waals surface area contributed by atoms with Gasteiger partial charge in [-0.15, -0.1) is 0 Å². The molecule has 1 fully saturated rings. The van der Waals surface area contributed by atoms with E-state index in [1.165, 1.54) is 0 Å². The van der Waals surface area contributed by atoms with E-state index >= 15 is 0 Å². The van der Waals surface area contributed by atoms with Crippen molar-refractivity contribution in [2.75, 3.05) is 6.54 Å². The molecule has 7 heteroatoms. The molecule has 23 heavy (non-hydrogen) atoms. The number of H-pyrrole nitrogens is 1. The monoisotopic (exact) mass is 314 g/mol.